The fourth-order valence-electron chi connectivity index (χ4n) is 1.86. The Kier molecular flexibility index (Phi) is 3.50. The van der Waals surface area contributed by atoms with Gasteiger partial charge >= 0.3 is 5.97 Å². The Morgan fingerprint density at radius 2 is 2.17 bits per heavy atom. The van der Waals surface area contributed by atoms with Crippen LogP contribution in [-0.4, -0.2) is 32.6 Å². The molecule has 5 nitrogen and oxygen atoms in total. The van der Waals surface area contributed by atoms with Gasteiger partial charge in [-0.2, -0.15) is 0 Å². The van der Waals surface area contributed by atoms with E-state index in [2.05, 4.69) is 0 Å². The van der Waals surface area contributed by atoms with Crippen LogP contribution in [0.5, 0.6) is 5.75 Å². The molecule has 0 bridgehead atoms. The lowest BCUT2D eigenvalue weighted by Crippen LogP contribution is -2.24. The third-order valence-corrected chi connectivity index (χ3v) is 2.96. The summed E-state index contributed by atoms with van der Waals surface area (Å²) < 4.78 is 9.98. The highest BCUT2D eigenvalue weighted by atomic mass is 16.5. The van der Waals surface area contributed by atoms with Crippen LogP contribution < -0.4 is 9.64 Å². The van der Waals surface area contributed by atoms with Crippen molar-refractivity contribution in [1.82, 2.24) is 0 Å². The van der Waals surface area contributed by atoms with E-state index < -0.39 is 0 Å². The summed E-state index contributed by atoms with van der Waals surface area (Å²) in [4.78, 5) is 13.3. The summed E-state index contributed by atoms with van der Waals surface area (Å²) in [5.74, 6) is 0.262. The normalized spacial score (nSPS) is 13.9. The summed E-state index contributed by atoms with van der Waals surface area (Å²) in [7, 11) is 2.92. The van der Waals surface area contributed by atoms with E-state index in [1.165, 1.54) is 13.4 Å². The zero-order chi connectivity index (χ0) is 13.1. The van der Waals surface area contributed by atoms with Crippen LogP contribution in [0.2, 0.25) is 0 Å². The van der Waals surface area contributed by atoms with Crippen LogP contribution >= 0.6 is 0 Å². The van der Waals surface area contributed by atoms with Crippen LogP contribution in [0.1, 0.15) is 23.2 Å². The molecule has 1 aromatic rings. The van der Waals surface area contributed by atoms with Crippen molar-refractivity contribution < 1.29 is 14.3 Å². The summed E-state index contributed by atoms with van der Waals surface area (Å²) in [5.41, 5.74) is 1.19. The summed E-state index contributed by atoms with van der Waals surface area (Å²) in [6.07, 6.45) is 3.39. The van der Waals surface area contributed by atoms with E-state index in [9.17, 15) is 4.79 Å². The van der Waals surface area contributed by atoms with Crippen molar-refractivity contribution in [2.45, 2.75) is 18.9 Å². The first-order valence-corrected chi connectivity index (χ1v) is 5.76. The zero-order valence-electron chi connectivity index (χ0n) is 10.5. The predicted octanol–water partition coefficient (Wildman–Crippen LogP) is 2.06. The van der Waals surface area contributed by atoms with Gasteiger partial charge in [-0.15, -0.1) is 0 Å². The number of hydrogen-bond donors (Lipinski definition) is 1. The fourth-order valence-corrected chi connectivity index (χ4v) is 1.86. The molecule has 1 fully saturated rings. The second-order valence-electron chi connectivity index (χ2n) is 4.15. The highest BCUT2D eigenvalue weighted by Crippen LogP contribution is 2.36. The van der Waals surface area contributed by atoms with Gasteiger partial charge in [-0.3, -0.25) is 5.41 Å². The monoisotopic (exact) mass is 248 g/mol. The number of rotatable bonds is 5. The van der Waals surface area contributed by atoms with Crippen molar-refractivity contribution in [3.05, 3.63) is 23.8 Å². The molecule has 0 saturated heterocycles. The van der Waals surface area contributed by atoms with Crippen LogP contribution in [0, 0.1) is 5.41 Å². The summed E-state index contributed by atoms with van der Waals surface area (Å²) >= 11 is 0. The van der Waals surface area contributed by atoms with E-state index in [-0.39, 0.29) is 5.97 Å². The molecule has 0 amide bonds. The molecule has 18 heavy (non-hydrogen) atoms. The molecule has 0 unspecified atom stereocenters. The average Bonchev–Trinajstić information content (AvgIpc) is 3.23. The molecule has 0 heterocycles. The lowest BCUT2D eigenvalue weighted by Gasteiger charge is -2.21. The highest BCUT2D eigenvalue weighted by molar-refractivity contribution is 5.93. The van der Waals surface area contributed by atoms with Gasteiger partial charge in [0.2, 0.25) is 0 Å². The van der Waals surface area contributed by atoms with Crippen molar-refractivity contribution in [2.75, 3.05) is 19.1 Å². The first-order valence-electron chi connectivity index (χ1n) is 5.76. The molecule has 1 N–H and O–H groups in total. The van der Waals surface area contributed by atoms with Gasteiger partial charge in [0.05, 0.1) is 31.8 Å². The molecule has 0 aromatic heterocycles. The molecular formula is C13H16N2O3. The van der Waals surface area contributed by atoms with Crippen LogP contribution in [0.4, 0.5) is 5.69 Å². The van der Waals surface area contributed by atoms with Gasteiger partial charge in [0, 0.05) is 6.04 Å². The summed E-state index contributed by atoms with van der Waals surface area (Å²) in [5, 5.41) is 7.49. The SMILES string of the molecule is COC(=O)c1ccc(OC)c(N(C=N)C2CC2)c1. The maximum Gasteiger partial charge on any atom is 0.337 e. The van der Waals surface area contributed by atoms with E-state index >= 15 is 0 Å². The van der Waals surface area contributed by atoms with Crippen molar-refractivity contribution in [3.63, 3.8) is 0 Å². The minimum Gasteiger partial charge on any atom is -0.495 e. The van der Waals surface area contributed by atoms with Crippen molar-refractivity contribution in [3.8, 4) is 5.75 Å². The number of anilines is 1. The summed E-state index contributed by atoms with van der Waals surface area (Å²) in [6.45, 7) is 0. The summed E-state index contributed by atoms with van der Waals surface area (Å²) in [6, 6.07) is 5.42. The predicted molar refractivity (Wildman–Crippen MR) is 68.6 cm³/mol. The molecule has 0 aliphatic heterocycles. The molecule has 96 valence electrons. The third-order valence-electron chi connectivity index (χ3n) is 2.96. The smallest absolute Gasteiger partial charge is 0.337 e. The van der Waals surface area contributed by atoms with E-state index in [1.807, 2.05) is 4.90 Å². The Hall–Kier alpha value is -2.04. The standard InChI is InChI=1S/C13H16N2O3/c1-17-12-6-3-9(13(16)18-2)7-11(12)15(8-14)10-4-5-10/h3,6-8,10,14H,4-5H2,1-2H3. The molecule has 1 saturated carbocycles. The number of nitrogens with one attached hydrogen (secondary N) is 1. The van der Waals surface area contributed by atoms with Gasteiger partial charge in [0.15, 0.2) is 0 Å². The van der Waals surface area contributed by atoms with Crippen LogP contribution in [0.15, 0.2) is 18.2 Å². The number of ether oxygens (including phenoxy) is 2. The quantitative estimate of drug-likeness (QED) is 0.492. The number of methoxy groups -OCH3 is 2. The largest absolute Gasteiger partial charge is 0.495 e. The zero-order valence-corrected chi connectivity index (χ0v) is 10.5. The van der Waals surface area contributed by atoms with E-state index in [0.29, 0.717) is 17.4 Å². The first kappa shape index (κ1) is 12.4. The Balaban J connectivity index is 2.40. The molecule has 0 radical (unpaired) electrons. The Labute approximate surface area is 106 Å². The second kappa shape index (κ2) is 5.08. The molecule has 5 heteroatoms. The van der Waals surface area contributed by atoms with E-state index in [0.717, 1.165) is 18.5 Å². The highest BCUT2D eigenvalue weighted by Gasteiger charge is 2.30. The third kappa shape index (κ3) is 2.30. The maximum atomic E-state index is 11.5. The molecule has 1 aromatic carbocycles. The molecule has 1 aliphatic carbocycles. The van der Waals surface area contributed by atoms with Gasteiger partial charge in [0.25, 0.3) is 0 Å². The topological polar surface area (TPSA) is 62.6 Å². The number of carbonyl (C=O) groups excluding carboxylic acids is 1. The lowest BCUT2D eigenvalue weighted by atomic mass is 10.1. The fraction of sp³-hybridized carbons (Fsp3) is 0.385. The minimum atomic E-state index is -0.389. The number of hydrogen-bond acceptors (Lipinski definition) is 4. The number of benzene rings is 1. The molecule has 1 aliphatic rings. The van der Waals surface area contributed by atoms with Gasteiger partial charge in [-0.1, -0.05) is 0 Å². The van der Waals surface area contributed by atoms with Gasteiger partial charge in [-0.25, -0.2) is 4.79 Å². The van der Waals surface area contributed by atoms with Gasteiger partial charge in [0.1, 0.15) is 5.75 Å². The number of carbonyl (C=O) groups is 1. The van der Waals surface area contributed by atoms with Crippen molar-refractivity contribution in [1.29, 1.82) is 5.41 Å². The molecular weight excluding hydrogens is 232 g/mol. The number of esters is 1. The lowest BCUT2D eigenvalue weighted by molar-refractivity contribution is 0.0600. The number of nitrogens with zero attached hydrogens (tertiary/aromatic N) is 1. The second-order valence-corrected chi connectivity index (χ2v) is 4.15. The molecule has 0 spiro atoms. The van der Waals surface area contributed by atoms with E-state index in [1.54, 1.807) is 25.3 Å². The van der Waals surface area contributed by atoms with Gasteiger partial charge < -0.3 is 14.4 Å². The van der Waals surface area contributed by atoms with Crippen LogP contribution in [-0.2, 0) is 4.74 Å². The minimum absolute atomic E-state index is 0.337. The van der Waals surface area contributed by atoms with E-state index in [4.69, 9.17) is 14.9 Å². The maximum absolute atomic E-state index is 11.5. The van der Waals surface area contributed by atoms with Crippen molar-refractivity contribution >= 4 is 18.0 Å². The first-order chi connectivity index (χ1) is 8.71. The Morgan fingerprint density at radius 1 is 1.44 bits per heavy atom. The van der Waals surface area contributed by atoms with Gasteiger partial charge in [-0.05, 0) is 31.0 Å². The van der Waals surface area contributed by atoms with Crippen molar-refractivity contribution in [2.24, 2.45) is 0 Å². The van der Waals surface area contributed by atoms with Crippen LogP contribution in [0.3, 0.4) is 0 Å². The molecule has 2 rings (SSSR count). The Morgan fingerprint density at radius 3 is 2.67 bits per heavy atom. The molecule has 0 atom stereocenters. The average molecular weight is 248 g/mol. The Bertz CT molecular complexity index is 469. The van der Waals surface area contributed by atoms with Crippen LogP contribution in [0.25, 0.3) is 0 Å².